The molecule has 1 amide bonds. The maximum absolute atomic E-state index is 12.0. The molecule has 20 heavy (non-hydrogen) atoms. The Kier molecular flexibility index (Phi) is 6.93. The first-order valence-electron chi connectivity index (χ1n) is 6.89. The van der Waals surface area contributed by atoms with Crippen LogP contribution in [0, 0.1) is 12.8 Å². The summed E-state index contributed by atoms with van der Waals surface area (Å²) in [7, 11) is 1.67. The molecule has 0 fully saturated rings. The number of nitrogens with zero attached hydrogens (tertiary/aromatic N) is 2. The number of anilines is 1. The average Bonchev–Trinajstić information content (AvgIpc) is 2.40. The molecule has 1 heterocycles. The molecule has 0 radical (unpaired) electrons. The van der Waals surface area contributed by atoms with Crippen LogP contribution in [0.4, 0.5) is 5.95 Å². The van der Waals surface area contributed by atoms with Gasteiger partial charge in [-0.15, -0.1) is 0 Å². The molecule has 0 spiro atoms. The Labute approximate surface area is 120 Å². The van der Waals surface area contributed by atoms with Crippen molar-refractivity contribution < 1.29 is 9.53 Å². The van der Waals surface area contributed by atoms with Crippen molar-refractivity contribution in [2.45, 2.75) is 27.2 Å². The molecule has 0 unspecified atom stereocenters. The van der Waals surface area contributed by atoms with Crippen molar-refractivity contribution in [1.82, 2.24) is 15.3 Å². The molecule has 1 aromatic rings. The Morgan fingerprint density at radius 2 is 2.15 bits per heavy atom. The van der Waals surface area contributed by atoms with Gasteiger partial charge in [0.15, 0.2) is 0 Å². The Hall–Kier alpha value is -1.69. The first kappa shape index (κ1) is 16.4. The second-order valence-electron chi connectivity index (χ2n) is 5.10. The minimum absolute atomic E-state index is 0.163. The lowest BCUT2D eigenvalue weighted by molar-refractivity contribution is 0.0944. The first-order valence-corrected chi connectivity index (χ1v) is 6.89. The lowest BCUT2D eigenvalue weighted by atomic mass is 10.2. The topological polar surface area (TPSA) is 76.1 Å². The zero-order valence-electron chi connectivity index (χ0n) is 12.7. The van der Waals surface area contributed by atoms with Crippen LogP contribution >= 0.6 is 0 Å². The van der Waals surface area contributed by atoms with E-state index in [-0.39, 0.29) is 5.91 Å². The molecule has 0 aliphatic rings. The van der Waals surface area contributed by atoms with Crippen LogP contribution in [-0.2, 0) is 4.74 Å². The standard InChI is InChI=1S/C14H24N4O2/c1-10(2)9-16-13(19)12-8-11(3)17-14(18-12)15-6-5-7-20-4/h8,10H,5-7,9H2,1-4H3,(H,16,19)(H,15,17,18). The van der Waals surface area contributed by atoms with Gasteiger partial charge < -0.3 is 15.4 Å². The van der Waals surface area contributed by atoms with Crippen LogP contribution < -0.4 is 10.6 Å². The summed E-state index contributed by atoms with van der Waals surface area (Å²) >= 11 is 0. The van der Waals surface area contributed by atoms with Gasteiger partial charge in [0.2, 0.25) is 5.95 Å². The number of carbonyl (C=O) groups excluding carboxylic acids is 1. The van der Waals surface area contributed by atoms with E-state index in [1.165, 1.54) is 0 Å². The number of aromatic nitrogens is 2. The van der Waals surface area contributed by atoms with E-state index in [0.29, 0.717) is 37.3 Å². The second kappa shape index (κ2) is 8.47. The van der Waals surface area contributed by atoms with E-state index in [1.807, 2.05) is 20.8 Å². The summed E-state index contributed by atoms with van der Waals surface area (Å²) in [5.41, 5.74) is 1.16. The fraction of sp³-hybridized carbons (Fsp3) is 0.643. The maximum atomic E-state index is 12.0. The van der Waals surface area contributed by atoms with Gasteiger partial charge in [-0.05, 0) is 25.3 Å². The lowest BCUT2D eigenvalue weighted by Gasteiger charge is -2.09. The highest BCUT2D eigenvalue weighted by atomic mass is 16.5. The minimum atomic E-state index is -0.163. The highest BCUT2D eigenvalue weighted by Gasteiger charge is 2.10. The monoisotopic (exact) mass is 280 g/mol. The van der Waals surface area contributed by atoms with E-state index in [4.69, 9.17) is 4.74 Å². The molecule has 0 aromatic carbocycles. The van der Waals surface area contributed by atoms with Gasteiger partial charge in [0, 0.05) is 32.5 Å². The summed E-state index contributed by atoms with van der Waals surface area (Å²) in [5.74, 6) is 0.730. The van der Waals surface area contributed by atoms with Crippen LogP contribution in [0.3, 0.4) is 0 Å². The molecule has 0 atom stereocenters. The number of hydrogen-bond acceptors (Lipinski definition) is 5. The van der Waals surface area contributed by atoms with Gasteiger partial charge in [-0.1, -0.05) is 13.8 Å². The third-order valence-electron chi connectivity index (χ3n) is 2.57. The summed E-state index contributed by atoms with van der Waals surface area (Å²) < 4.78 is 4.97. The van der Waals surface area contributed by atoms with Gasteiger partial charge in [-0.2, -0.15) is 0 Å². The lowest BCUT2D eigenvalue weighted by Crippen LogP contribution is -2.28. The highest BCUT2D eigenvalue weighted by molar-refractivity contribution is 5.92. The molecule has 0 saturated carbocycles. The molecule has 0 aliphatic heterocycles. The molecule has 112 valence electrons. The van der Waals surface area contributed by atoms with E-state index >= 15 is 0 Å². The van der Waals surface area contributed by atoms with Gasteiger partial charge in [0.05, 0.1) is 0 Å². The molecule has 6 heteroatoms. The van der Waals surface area contributed by atoms with Crippen LogP contribution in [0.2, 0.25) is 0 Å². The van der Waals surface area contributed by atoms with Crippen molar-refractivity contribution in [3.63, 3.8) is 0 Å². The fourth-order valence-corrected chi connectivity index (χ4v) is 1.57. The summed E-state index contributed by atoms with van der Waals surface area (Å²) in [5, 5.41) is 5.95. The quantitative estimate of drug-likeness (QED) is 0.708. The van der Waals surface area contributed by atoms with Crippen molar-refractivity contribution >= 4 is 11.9 Å². The van der Waals surface area contributed by atoms with Gasteiger partial charge in [-0.25, -0.2) is 9.97 Å². The maximum Gasteiger partial charge on any atom is 0.270 e. The molecular formula is C14H24N4O2. The van der Waals surface area contributed by atoms with E-state index in [9.17, 15) is 4.79 Å². The van der Waals surface area contributed by atoms with E-state index in [2.05, 4.69) is 20.6 Å². The number of amides is 1. The summed E-state index contributed by atoms with van der Waals surface area (Å²) in [6.45, 7) is 7.98. The Bertz CT molecular complexity index is 435. The molecule has 1 rings (SSSR count). The smallest absolute Gasteiger partial charge is 0.270 e. The van der Waals surface area contributed by atoms with Gasteiger partial charge in [0.25, 0.3) is 5.91 Å². The first-order chi connectivity index (χ1) is 9.52. The molecule has 0 bridgehead atoms. The molecule has 2 N–H and O–H groups in total. The number of rotatable bonds is 8. The van der Waals surface area contributed by atoms with Crippen molar-refractivity contribution in [3.05, 3.63) is 17.5 Å². The van der Waals surface area contributed by atoms with E-state index < -0.39 is 0 Å². The van der Waals surface area contributed by atoms with Crippen molar-refractivity contribution in [2.24, 2.45) is 5.92 Å². The predicted molar refractivity (Wildman–Crippen MR) is 78.9 cm³/mol. The largest absolute Gasteiger partial charge is 0.385 e. The fourth-order valence-electron chi connectivity index (χ4n) is 1.57. The third-order valence-corrected chi connectivity index (χ3v) is 2.57. The number of hydrogen-bond donors (Lipinski definition) is 2. The van der Waals surface area contributed by atoms with Crippen LogP contribution in [0.15, 0.2) is 6.07 Å². The number of ether oxygens (including phenoxy) is 1. The van der Waals surface area contributed by atoms with Gasteiger partial charge in [0.1, 0.15) is 5.69 Å². The molecular weight excluding hydrogens is 256 g/mol. The summed E-state index contributed by atoms with van der Waals surface area (Å²) in [4.78, 5) is 20.5. The third kappa shape index (κ3) is 5.97. The highest BCUT2D eigenvalue weighted by Crippen LogP contribution is 2.05. The number of methoxy groups -OCH3 is 1. The zero-order valence-corrected chi connectivity index (χ0v) is 12.7. The summed E-state index contributed by atoms with van der Waals surface area (Å²) in [6.07, 6.45) is 0.864. The molecule has 0 saturated heterocycles. The van der Waals surface area contributed by atoms with Crippen LogP contribution in [0.1, 0.15) is 36.5 Å². The SMILES string of the molecule is COCCCNc1nc(C)cc(C(=O)NCC(C)C)n1. The Morgan fingerprint density at radius 1 is 1.40 bits per heavy atom. The van der Waals surface area contributed by atoms with Gasteiger partial charge >= 0.3 is 0 Å². The van der Waals surface area contributed by atoms with Crippen molar-refractivity contribution in [1.29, 1.82) is 0 Å². The predicted octanol–water partition coefficient (Wildman–Crippen LogP) is 1.62. The second-order valence-corrected chi connectivity index (χ2v) is 5.10. The number of carbonyl (C=O) groups is 1. The van der Waals surface area contributed by atoms with Crippen LogP contribution in [-0.4, -0.2) is 42.7 Å². The normalized spacial score (nSPS) is 10.7. The Morgan fingerprint density at radius 3 is 2.80 bits per heavy atom. The average molecular weight is 280 g/mol. The van der Waals surface area contributed by atoms with Crippen molar-refractivity contribution in [3.8, 4) is 0 Å². The van der Waals surface area contributed by atoms with Crippen LogP contribution in [0.5, 0.6) is 0 Å². The van der Waals surface area contributed by atoms with Gasteiger partial charge in [-0.3, -0.25) is 4.79 Å². The molecule has 1 aromatic heterocycles. The van der Waals surface area contributed by atoms with E-state index in [1.54, 1.807) is 13.2 Å². The van der Waals surface area contributed by atoms with Crippen molar-refractivity contribution in [2.75, 3.05) is 32.1 Å². The van der Waals surface area contributed by atoms with Crippen LogP contribution in [0.25, 0.3) is 0 Å². The van der Waals surface area contributed by atoms with E-state index in [0.717, 1.165) is 12.1 Å². The molecule has 0 aliphatic carbocycles. The summed E-state index contributed by atoms with van der Waals surface area (Å²) in [6, 6.07) is 1.69. The number of nitrogens with one attached hydrogen (secondary N) is 2. The zero-order chi connectivity index (χ0) is 15.0. The minimum Gasteiger partial charge on any atom is -0.385 e. The number of aryl methyl sites for hydroxylation is 1. The molecule has 6 nitrogen and oxygen atoms in total. The Balaban J connectivity index is 2.63.